The normalized spacial score (nSPS) is 25.3. The number of piperidine rings is 1. The first-order valence-corrected chi connectivity index (χ1v) is 11.2. The van der Waals surface area contributed by atoms with Crippen LogP contribution in [0.1, 0.15) is 51.4 Å². The van der Waals surface area contributed by atoms with Crippen LogP contribution in [0.4, 0.5) is 5.82 Å². The summed E-state index contributed by atoms with van der Waals surface area (Å²) in [5, 5.41) is 14.6. The Kier molecular flexibility index (Phi) is 4.94. The van der Waals surface area contributed by atoms with Crippen molar-refractivity contribution in [2.75, 3.05) is 24.5 Å². The Bertz CT molecular complexity index is 871. The van der Waals surface area contributed by atoms with Gasteiger partial charge >= 0.3 is 0 Å². The molecule has 1 spiro atoms. The molecule has 3 heterocycles. The highest BCUT2D eigenvalue weighted by molar-refractivity contribution is 5.87. The number of amides is 1. The zero-order valence-corrected chi connectivity index (χ0v) is 16.9. The number of rotatable bonds is 5. The molecule has 2 aromatic heterocycles. The van der Waals surface area contributed by atoms with Gasteiger partial charge in [-0.2, -0.15) is 0 Å². The number of aromatic nitrogens is 3. The molecule has 7 nitrogen and oxygen atoms in total. The van der Waals surface area contributed by atoms with Gasteiger partial charge in [0.15, 0.2) is 0 Å². The number of H-pyrrole nitrogens is 1. The topological polar surface area (TPSA) is 94.1 Å². The Balaban J connectivity index is 1.22. The molecule has 2 aromatic rings. The average molecular weight is 398 g/mol. The fourth-order valence-electron chi connectivity index (χ4n) is 5.54. The summed E-state index contributed by atoms with van der Waals surface area (Å²) >= 11 is 0. The van der Waals surface area contributed by atoms with Gasteiger partial charge in [0.2, 0.25) is 5.91 Å². The molecular formula is C22H31N5O2. The molecule has 2 atom stereocenters. The SMILES string of the molecule is O=C(NC[C@@H](O)C1CCCCC1)[C@H]1CCN(c2ncnc3[nH]ccc23)CC12CC2. The second-order valence-corrected chi connectivity index (χ2v) is 9.27. The predicted molar refractivity (Wildman–Crippen MR) is 111 cm³/mol. The first-order chi connectivity index (χ1) is 14.2. The number of fused-ring (bicyclic) bond motifs is 1. The summed E-state index contributed by atoms with van der Waals surface area (Å²) in [4.78, 5) is 27.3. The summed E-state index contributed by atoms with van der Waals surface area (Å²) in [7, 11) is 0. The van der Waals surface area contributed by atoms with Crippen molar-refractivity contribution < 1.29 is 9.90 Å². The van der Waals surface area contributed by atoms with Crippen LogP contribution in [-0.4, -0.2) is 51.7 Å². The van der Waals surface area contributed by atoms with E-state index < -0.39 is 6.10 Å². The molecule has 3 aliphatic rings. The number of aliphatic hydroxyl groups is 1. The van der Waals surface area contributed by atoms with Gasteiger partial charge in [-0.25, -0.2) is 9.97 Å². The molecular weight excluding hydrogens is 366 g/mol. The molecule has 2 aliphatic carbocycles. The highest BCUT2D eigenvalue weighted by Crippen LogP contribution is 2.56. The van der Waals surface area contributed by atoms with Crippen LogP contribution in [-0.2, 0) is 4.79 Å². The number of nitrogens with one attached hydrogen (secondary N) is 2. The van der Waals surface area contributed by atoms with Crippen LogP contribution >= 0.6 is 0 Å². The molecule has 1 aliphatic heterocycles. The number of hydrogen-bond acceptors (Lipinski definition) is 5. The fourth-order valence-corrected chi connectivity index (χ4v) is 5.54. The van der Waals surface area contributed by atoms with E-state index in [0.29, 0.717) is 12.5 Å². The maximum absolute atomic E-state index is 13.0. The molecule has 1 amide bonds. The van der Waals surface area contributed by atoms with E-state index in [1.807, 2.05) is 12.3 Å². The van der Waals surface area contributed by atoms with Crippen LogP contribution in [0.5, 0.6) is 0 Å². The zero-order chi connectivity index (χ0) is 19.8. The van der Waals surface area contributed by atoms with Crippen molar-refractivity contribution in [3.8, 4) is 0 Å². The third-order valence-corrected chi connectivity index (χ3v) is 7.45. The van der Waals surface area contributed by atoms with Crippen LogP contribution in [0, 0.1) is 17.3 Å². The Hall–Kier alpha value is -2.15. The molecule has 3 N–H and O–H groups in total. The van der Waals surface area contributed by atoms with Crippen LogP contribution < -0.4 is 10.2 Å². The minimum atomic E-state index is -0.405. The van der Waals surface area contributed by atoms with Crippen molar-refractivity contribution >= 4 is 22.8 Å². The molecule has 0 radical (unpaired) electrons. The summed E-state index contributed by atoms with van der Waals surface area (Å²) in [5.74, 6) is 1.49. The molecule has 156 valence electrons. The lowest BCUT2D eigenvalue weighted by molar-refractivity contribution is -0.128. The fraction of sp³-hybridized carbons (Fsp3) is 0.682. The first-order valence-electron chi connectivity index (χ1n) is 11.2. The van der Waals surface area contributed by atoms with Gasteiger partial charge in [-0.05, 0) is 49.5 Å². The van der Waals surface area contributed by atoms with E-state index in [0.717, 1.165) is 62.0 Å². The molecule has 1 saturated heterocycles. The lowest BCUT2D eigenvalue weighted by atomic mass is 9.81. The van der Waals surface area contributed by atoms with Gasteiger partial charge in [-0.1, -0.05) is 19.3 Å². The number of aliphatic hydroxyl groups excluding tert-OH is 1. The van der Waals surface area contributed by atoms with Crippen molar-refractivity contribution in [3.05, 3.63) is 18.6 Å². The number of nitrogens with zero attached hydrogens (tertiary/aromatic N) is 3. The number of carbonyl (C=O) groups excluding carboxylic acids is 1. The Morgan fingerprint density at radius 2 is 2.10 bits per heavy atom. The lowest BCUT2D eigenvalue weighted by Gasteiger charge is -2.39. The minimum absolute atomic E-state index is 0.0425. The molecule has 3 fully saturated rings. The van der Waals surface area contributed by atoms with Gasteiger partial charge < -0.3 is 20.3 Å². The number of hydrogen-bond donors (Lipinski definition) is 3. The van der Waals surface area contributed by atoms with E-state index >= 15 is 0 Å². The molecule has 29 heavy (non-hydrogen) atoms. The van der Waals surface area contributed by atoms with Gasteiger partial charge in [0, 0.05) is 31.7 Å². The highest BCUT2D eigenvalue weighted by atomic mass is 16.3. The maximum Gasteiger partial charge on any atom is 0.223 e. The second-order valence-electron chi connectivity index (χ2n) is 9.27. The Morgan fingerprint density at radius 1 is 1.28 bits per heavy atom. The van der Waals surface area contributed by atoms with Gasteiger partial charge in [-0.15, -0.1) is 0 Å². The van der Waals surface area contributed by atoms with Gasteiger partial charge in [0.05, 0.1) is 11.5 Å². The van der Waals surface area contributed by atoms with Crippen LogP contribution in [0.25, 0.3) is 11.0 Å². The minimum Gasteiger partial charge on any atom is -0.391 e. The maximum atomic E-state index is 13.0. The van der Waals surface area contributed by atoms with E-state index in [9.17, 15) is 9.90 Å². The monoisotopic (exact) mass is 397 g/mol. The summed E-state index contributed by atoms with van der Waals surface area (Å²) in [6.07, 6.45) is 12.0. The van der Waals surface area contributed by atoms with E-state index in [1.54, 1.807) is 6.33 Å². The quantitative estimate of drug-likeness (QED) is 0.721. The van der Waals surface area contributed by atoms with E-state index in [-0.39, 0.29) is 17.2 Å². The van der Waals surface area contributed by atoms with Crippen molar-refractivity contribution in [2.45, 2.75) is 57.5 Å². The van der Waals surface area contributed by atoms with E-state index in [4.69, 9.17) is 0 Å². The summed E-state index contributed by atoms with van der Waals surface area (Å²) < 4.78 is 0. The zero-order valence-electron chi connectivity index (χ0n) is 16.9. The Morgan fingerprint density at radius 3 is 2.90 bits per heavy atom. The lowest BCUT2D eigenvalue weighted by Crippen LogP contribution is -2.49. The van der Waals surface area contributed by atoms with Crippen LogP contribution in [0.15, 0.2) is 18.6 Å². The second kappa shape index (κ2) is 7.59. The predicted octanol–water partition coefficient (Wildman–Crippen LogP) is 2.62. The smallest absolute Gasteiger partial charge is 0.223 e. The van der Waals surface area contributed by atoms with Gasteiger partial charge in [0.1, 0.15) is 17.8 Å². The number of anilines is 1. The Labute approximate surface area is 171 Å². The van der Waals surface area contributed by atoms with E-state index in [1.165, 1.54) is 19.3 Å². The number of aromatic amines is 1. The third-order valence-electron chi connectivity index (χ3n) is 7.45. The molecule has 0 aromatic carbocycles. The van der Waals surface area contributed by atoms with Crippen molar-refractivity contribution in [2.24, 2.45) is 17.3 Å². The largest absolute Gasteiger partial charge is 0.391 e. The summed E-state index contributed by atoms with van der Waals surface area (Å²) in [6, 6.07) is 2.02. The van der Waals surface area contributed by atoms with E-state index in [2.05, 4.69) is 25.2 Å². The van der Waals surface area contributed by atoms with Crippen molar-refractivity contribution in [1.29, 1.82) is 0 Å². The van der Waals surface area contributed by atoms with Crippen molar-refractivity contribution in [3.63, 3.8) is 0 Å². The third kappa shape index (κ3) is 3.61. The summed E-state index contributed by atoms with van der Waals surface area (Å²) in [5.41, 5.74) is 0.919. The molecule has 0 bridgehead atoms. The van der Waals surface area contributed by atoms with Gasteiger partial charge in [-0.3, -0.25) is 4.79 Å². The summed E-state index contributed by atoms with van der Waals surface area (Å²) in [6.45, 7) is 2.09. The standard InChI is InChI=1S/C22H31N5O2/c28-18(15-4-2-1-3-5-15)12-24-21(29)17-7-11-27(13-22(17)8-9-22)20-16-6-10-23-19(16)25-14-26-20/h6,10,14-15,17-18,28H,1-5,7-9,11-13H2,(H,24,29)(H,23,25,26)/t17-,18-/m1/s1. The number of carbonyl (C=O) groups is 1. The molecule has 2 saturated carbocycles. The molecule has 0 unspecified atom stereocenters. The van der Waals surface area contributed by atoms with Gasteiger partial charge in [0.25, 0.3) is 0 Å². The molecule has 5 rings (SSSR count). The highest BCUT2D eigenvalue weighted by Gasteiger charge is 2.55. The first kappa shape index (κ1) is 18.9. The van der Waals surface area contributed by atoms with Crippen LogP contribution in [0.2, 0.25) is 0 Å². The molecule has 7 heteroatoms. The van der Waals surface area contributed by atoms with Crippen LogP contribution in [0.3, 0.4) is 0 Å². The van der Waals surface area contributed by atoms with Crippen molar-refractivity contribution in [1.82, 2.24) is 20.3 Å². The average Bonchev–Trinajstić information content (AvgIpc) is 3.34.